The molecule has 0 radical (unpaired) electrons. The van der Waals surface area contributed by atoms with E-state index < -0.39 is 16.9 Å². The number of nitrogens with zero attached hydrogens (tertiary/aromatic N) is 3. The number of fused-ring (bicyclic) bond motifs is 1. The number of benzene rings is 3. The van der Waals surface area contributed by atoms with Gasteiger partial charge in [-0.1, -0.05) is 48.5 Å². The zero-order valence-electron chi connectivity index (χ0n) is 23.0. The minimum absolute atomic E-state index is 0.0253. The van der Waals surface area contributed by atoms with Crippen LogP contribution in [0.5, 0.6) is 0 Å². The summed E-state index contributed by atoms with van der Waals surface area (Å²) in [6, 6.07) is 18.7. The van der Waals surface area contributed by atoms with Crippen molar-refractivity contribution in [2.75, 3.05) is 37.5 Å². The Morgan fingerprint density at radius 3 is 2.61 bits per heavy atom. The molecule has 0 aliphatic carbocycles. The summed E-state index contributed by atoms with van der Waals surface area (Å²) < 4.78 is 36.0. The van der Waals surface area contributed by atoms with Crippen LogP contribution in [0.25, 0.3) is 16.9 Å². The molecule has 0 bridgehead atoms. The molecule has 4 aromatic rings. The van der Waals surface area contributed by atoms with Gasteiger partial charge in [-0.3, -0.25) is 14.5 Å². The zero-order valence-corrected chi connectivity index (χ0v) is 23.8. The Morgan fingerprint density at radius 2 is 1.88 bits per heavy atom. The third-order valence-electron chi connectivity index (χ3n) is 7.12. The van der Waals surface area contributed by atoms with Crippen molar-refractivity contribution in [3.05, 3.63) is 101 Å². The Hall–Kier alpha value is -4.02. The maximum atomic E-state index is 15.4. The predicted molar refractivity (Wildman–Crippen MR) is 156 cm³/mol. The van der Waals surface area contributed by atoms with E-state index >= 15 is 4.39 Å². The summed E-state index contributed by atoms with van der Waals surface area (Å²) in [7, 11) is 1.54. The van der Waals surface area contributed by atoms with Gasteiger partial charge in [0.2, 0.25) is 11.8 Å². The number of carbonyl (C=O) groups excluding carboxylic acids is 2. The van der Waals surface area contributed by atoms with E-state index in [9.17, 15) is 14.0 Å². The molecule has 41 heavy (non-hydrogen) atoms. The Morgan fingerprint density at radius 1 is 1.10 bits per heavy atom. The van der Waals surface area contributed by atoms with E-state index in [1.165, 1.54) is 35.9 Å². The molecule has 2 amide bonds. The van der Waals surface area contributed by atoms with Gasteiger partial charge in [-0.25, -0.2) is 13.5 Å². The van der Waals surface area contributed by atoms with Gasteiger partial charge < -0.3 is 10.1 Å². The van der Waals surface area contributed by atoms with Crippen LogP contribution in [0.1, 0.15) is 27.5 Å². The number of hydrogen-bond donors (Lipinski definition) is 1. The van der Waals surface area contributed by atoms with E-state index in [-0.39, 0.29) is 36.2 Å². The van der Waals surface area contributed by atoms with Crippen LogP contribution in [0.3, 0.4) is 0 Å². The second kappa shape index (κ2) is 12.2. The largest absolute Gasteiger partial charge is 0.383 e. The Kier molecular flexibility index (Phi) is 8.51. The fourth-order valence-electron chi connectivity index (χ4n) is 4.91. The summed E-state index contributed by atoms with van der Waals surface area (Å²) in [4.78, 5) is 28.2. The van der Waals surface area contributed by atoms with Crippen LogP contribution < -0.4 is 10.2 Å². The van der Waals surface area contributed by atoms with Gasteiger partial charge in [0.15, 0.2) is 0 Å². The SMILES string of the molecule is COCCNC(=O)CN1C(=O)CSC(c2ccc(F)cc2F)c2c(-c3ccccc3)nn(-c3cccc(C)c3C)c21. The molecule has 0 spiro atoms. The maximum absolute atomic E-state index is 15.4. The van der Waals surface area contributed by atoms with E-state index in [0.717, 1.165) is 28.4 Å². The highest BCUT2D eigenvalue weighted by molar-refractivity contribution is 8.00. The number of thioether (sulfide) groups is 1. The smallest absolute Gasteiger partial charge is 0.240 e. The molecule has 7 nitrogen and oxygen atoms in total. The van der Waals surface area contributed by atoms with Gasteiger partial charge in [0.05, 0.1) is 29.0 Å². The molecule has 1 unspecified atom stereocenters. The van der Waals surface area contributed by atoms with E-state index in [2.05, 4.69) is 5.32 Å². The number of carbonyl (C=O) groups is 2. The van der Waals surface area contributed by atoms with Crippen molar-refractivity contribution >= 4 is 29.4 Å². The molecule has 212 valence electrons. The second-order valence-corrected chi connectivity index (χ2v) is 10.9. The third kappa shape index (κ3) is 5.75. The number of aryl methyl sites for hydroxylation is 1. The van der Waals surface area contributed by atoms with Gasteiger partial charge in [0.1, 0.15) is 24.0 Å². The standard InChI is InChI=1S/C31H30F2N4O3S/c1-19-8-7-11-25(20(19)2)37-31-28(29(35-37)21-9-5-4-6-10-21)30(23-13-12-22(32)16-24(23)33)41-18-27(39)36(31)17-26(38)34-14-15-40-3/h4-13,16,30H,14-15,17-18H2,1-3H3,(H,34,38). The molecule has 1 aliphatic rings. The lowest BCUT2D eigenvalue weighted by molar-refractivity contribution is -0.123. The van der Waals surface area contributed by atoms with Crippen molar-refractivity contribution in [3.8, 4) is 16.9 Å². The second-order valence-electron chi connectivity index (χ2n) is 9.76. The van der Waals surface area contributed by atoms with E-state index in [4.69, 9.17) is 9.84 Å². The molecule has 5 rings (SSSR count). The van der Waals surface area contributed by atoms with Crippen molar-refractivity contribution < 1.29 is 23.1 Å². The summed E-state index contributed by atoms with van der Waals surface area (Å²) in [5, 5.41) is 7.11. The number of ether oxygens (including phenoxy) is 1. The van der Waals surface area contributed by atoms with Crippen molar-refractivity contribution in [1.29, 1.82) is 0 Å². The first-order chi connectivity index (χ1) is 19.8. The van der Waals surface area contributed by atoms with Crippen LogP contribution in [-0.4, -0.2) is 54.2 Å². The molecule has 3 aromatic carbocycles. The van der Waals surface area contributed by atoms with Gasteiger partial charge in [-0.15, -0.1) is 11.8 Å². The number of nitrogens with one attached hydrogen (secondary N) is 1. The lowest BCUT2D eigenvalue weighted by atomic mass is 9.99. The first-order valence-electron chi connectivity index (χ1n) is 13.2. The first-order valence-corrected chi connectivity index (χ1v) is 14.2. The highest BCUT2D eigenvalue weighted by atomic mass is 32.2. The van der Waals surface area contributed by atoms with Crippen molar-refractivity contribution in [2.24, 2.45) is 0 Å². The maximum Gasteiger partial charge on any atom is 0.240 e. The number of anilines is 1. The van der Waals surface area contributed by atoms with E-state index in [1.807, 2.05) is 62.4 Å². The van der Waals surface area contributed by atoms with Crippen molar-refractivity contribution in [2.45, 2.75) is 19.1 Å². The number of rotatable bonds is 8. The number of aromatic nitrogens is 2. The number of methoxy groups -OCH3 is 1. The van der Waals surface area contributed by atoms with Crippen LogP contribution in [0.15, 0.2) is 66.7 Å². The Labute approximate surface area is 241 Å². The van der Waals surface area contributed by atoms with Gasteiger partial charge in [0, 0.05) is 36.4 Å². The molecule has 1 atom stereocenters. The molecule has 0 saturated carbocycles. The predicted octanol–water partition coefficient (Wildman–Crippen LogP) is 5.37. The molecule has 1 N–H and O–H groups in total. The fourth-order valence-corrected chi connectivity index (χ4v) is 6.13. The molecule has 10 heteroatoms. The summed E-state index contributed by atoms with van der Waals surface area (Å²) in [6.45, 7) is 4.30. The van der Waals surface area contributed by atoms with E-state index in [1.54, 1.807) is 4.68 Å². The topological polar surface area (TPSA) is 76.5 Å². The van der Waals surface area contributed by atoms with Crippen molar-refractivity contribution in [1.82, 2.24) is 15.1 Å². The molecule has 1 aromatic heterocycles. The van der Waals surface area contributed by atoms with E-state index in [0.29, 0.717) is 23.7 Å². The fraction of sp³-hybridized carbons (Fsp3) is 0.258. The molecule has 0 fully saturated rings. The van der Waals surface area contributed by atoms with Gasteiger partial charge in [-0.2, -0.15) is 5.10 Å². The first kappa shape index (κ1) is 28.5. The van der Waals surface area contributed by atoms with Gasteiger partial charge in [0.25, 0.3) is 0 Å². The van der Waals surface area contributed by atoms with Crippen molar-refractivity contribution in [3.63, 3.8) is 0 Å². The number of amides is 2. The van der Waals surface area contributed by atoms with Crippen LogP contribution in [0.2, 0.25) is 0 Å². The Bertz CT molecular complexity index is 1590. The molecular formula is C31H30F2N4O3S. The average molecular weight is 577 g/mol. The lowest BCUT2D eigenvalue weighted by Crippen LogP contribution is -2.43. The summed E-state index contributed by atoms with van der Waals surface area (Å²) in [5.41, 5.74) is 4.80. The molecule has 2 heterocycles. The minimum atomic E-state index is -0.717. The highest BCUT2D eigenvalue weighted by Crippen LogP contribution is 2.49. The number of hydrogen-bond acceptors (Lipinski definition) is 5. The quantitative estimate of drug-likeness (QED) is 0.286. The van der Waals surface area contributed by atoms with Crippen LogP contribution in [-0.2, 0) is 14.3 Å². The average Bonchev–Trinajstić information content (AvgIpc) is 3.28. The minimum Gasteiger partial charge on any atom is -0.383 e. The third-order valence-corrected chi connectivity index (χ3v) is 8.35. The summed E-state index contributed by atoms with van der Waals surface area (Å²) >= 11 is 1.23. The summed E-state index contributed by atoms with van der Waals surface area (Å²) in [6.07, 6.45) is 0. The van der Waals surface area contributed by atoms with Gasteiger partial charge in [-0.05, 0) is 37.1 Å². The van der Waals surface area contributed by atoms with Crippen LogP contribution in [0.4, 0.5) is 14.6 Å². The highest BCUT2D eigenvalue weighted by Gasteiger charge is 2.38. The lowest BCUT2D eigenvalue weighted by Gasteiger charge is -2.24. The Balaban J connectivity index is 1.80. The van der Waals surface area contributed by atoms with Crippen LogP contribution >= 0.6 is 11.8 Å². The zero-order chi connectivity index (χ0) is 29.1. The molecular weight excluding hydrogens is 546 g/mol. The van der Waals surface area contributed by atoms with Gasteiger partial charge >= 0.3 is 0 Å². The number of halogens is 2. The monoisotopic (exact) mass is 576 g/mol. The molecule has 0 saturated heterocycles. The van der Waals surface area contributed by atoms with Crippen LogP contribution in [0, 0.1) is 25.5 Å². The normalized spacial score (nSPS) is 15.0. The molecule has 1 aliphatic heterocycles. The summed E-state index contributed by atoms with van der Waals surface area (Å²) in [5.74, 6) is -1.75.